The van der Waals surface area contributed by atoms with E-state index in [9.17, 15) is 22.8 Å². The lowest BCUT2D eigenvalue weighted by atomic mass is 10.0. The van der Waals surface area contributed by atoms with Crippen molar-refractivity contribution in [3.63, 3.8) is 0 Å². The largest absolute Gasteiger partial charge is 0.491 e. The van der Waals surface area contributed by atoms with E-state index >= 15 is 0 Å². The van der Waals surface area contributed by atoms with Crippen LogP contribution in [0.2, 0.25) is 0 Å². The van der Waals surface area contributed by atoms with Crippen molar-refractivity contribution in [3.8, 4) is 5.75 Å². The van der Waals surface area contributed by atoms with Crippen LogP contribution in [0.3, 0.4) is 0 Å². The van der Waals surface area contributed by atoms with Gasteiger partial charge in [0.05, 0.1) is 17.6 Å². The van der Waals surface area contributed by atoms with Crippen LogP contribution in [0.15, 0.2) is 18.2 Å². The lowest BCUT2D eigenvalue weighted by molar-refractivity contribution is -0.142. The van der Waals surface area contributed by atoms with E-state index in [0.717, 1.165) is 6.07 Å². The third-order valence-corrected chi connectivity index (χ3v) is 4.36. The number of halogens is 3. The van der Waals surface area contributed by atoms with Gasteiger partial charge in [-0.3, -0.25) is 9.59 Å². The molecule has 1 aromatic rings. The third-order valence-electron chi connectivity index (χ3n) is 4.36. The van der Waals surface area contributed by atoms with E-state index in [2.05, 4.69) is 5.32 Å². The molecule has 0 saturated heterocycles. The first-order chi connectivity index (χ1) is 12.1. The zero-order chi connectivity index (χ0) is 19.5. The number of hydrogen-bond donors (Lipinski definition) is 2. The van der Waals surface area contributed by atoms with Crippen molar-refractivity contribution in [2.45, 2.75) is 51.9 Å². The average Bonchev–Trinajstić information content (AvgIpc) is 3.02. The number of carboxylic acids is 1. The highest BCUT2D eigenvalue weighted by atomic mass is 19.4. The Balaban J connectivity index is 2.06. The van der Waals surface area contributed by atoms with Crippen molar-refractivity contribution in [1.82, 2.24) is 5.32 Å². The number of amides is 1. The molecule has 8 heteroatoms. The minimum atomic E-state index is -4.57. The quantitative estimate of drug-likeness (QED) is 0.799. The molecule has 2 atom stereocenters. The average molecular weight is 373 g/mol. The molecule has 1 amide bonds. The molecular formula is C18H22F3NO4. The maximum atomic E-state index is 13.3. The molecule has 0 bridgehead atoms. The van der Waals surface area contributed by atoms with Crippen molar-refractivity contribution < 1.29 is 32.6 Å². The fraction of sp³-hybridized carbons (Fsp3) is 0.556. The first-order valence-corrected chi connectivity index (χ1v) is 8.45. The van der Waals surface area contributed by atoms with E-state index in [0.29, 0.717) is 12.8 Å². The van der Waals surface area contributed by atoms with Gasteiger partial charge in [-0.05, 0) is 50.8 Å². The summed E-state index contributed by atoms with van der Waals surface area (Å²) >= 11 is 0. The number of carboxylic acid groups (broad SMARTS) is 1. The summed E-state index contributed by atoms with van der Waals surface area (Å²) in [5.41, 5.74) is -0.916. The minimum Gasteiger partial charge on any atom is -0.491 e. The number of hydrogen-bond acceptors (Lipinski definition) is 3. The molecule has 2 rings (SSSR count). The summed E-state index contributed by atoms with van der Waals surface area (Å²) < 4.78 is 45.2. The van der Waals surface area contributed by atoms with Crippen molar-refractivity contribution >= 4 is 11.9 Å². The number of alkyl halides is 3. The number of carbonyl (C=O) groups excluding carboxylic acids is 1. The summed E-state index contributed by atoms with van der Waals surface area (Å²) in [6, 6.07) is 3.65. The van der Waals surface area contributed by atoms with E-state index in [4.69, 9.17) is 9.84 Å². The number of rotatable bonds is 6. The Hall–Kier alpha value is -2.25. The van der Waals surface area contributed by atoms with Crippen LogP contribution in [0.1, 0.15) is 44.2 Å². The smallest absolute Gasteiger partial charge is 0.416 e. The third kappa shape index (κ3) is 5.12. The van der Waals surface area contributed by atoms with E-state index < -0.39 is 35.5 Å². The molecule has 0 aliphatic heterocycles. The highest BCUT2D eigenvalue weighted by Crippen LogP contribution is 2.35. The van der Waals surface area contributed by atoms with Crippen molar-refractivity contribution in [3.05, 3.63) is 29.3 Å². The molecule has 26 heavy (non-hydrogen) atoms. The molecule has 0 heterocycles. The zero-order valence-corrected chi connectivity index (χ0v) is 14.6. The van der Waals surface area contributed by atoms with Gasteiger partial charge in [-0.15, -0.1) is 0 Å². The van der Waals surface area contributed by atoms with E-state index in [-0.39, 0.29) is 30.4 Å². The lowest BCUT2D eigenvalue weighted by Gasteiger charge is -2.17. The Bertz CT molecular complexity index is 673. The van der Waals surface area contributed by atoms with Crippen molar-refractivity contribution in [1.29, 1.82) is 0 Å². The first-order valence-electron chi connectivity index (χ1n) is 8.45. The Morgan fingerprint density at radius 2 is 1.92 bits per heavy atom. The molecule has 1 fully saturated rings. The molecule has 144 valence electrons. The SMILES string of the molecule is CC(C)Oc1ccc(CNC(=O)[C@@H]2CC[C@H](C(=O)O)C2)c(C(F)(F)F)c1. The van der Waals surface area contributed by atoms with Crippen LogP contribution >= 0.6 is 0 Å². The van der Waals surface area contributed by atoms with Gasteiger partial charge in [-0.25, -0.2) is 0 Å². The summed E-state index contributed by atoms with van der Waals surface area (Å²) in [6.07, 6.45) is -3.78. The van der Waals surface area contributed by atoms with Crippen molar-refractivity contribution in [2.24, 2.45) is 11.8 Å². The normalized spacial score (nSPS) is 20.2. The second-order valence-electron chi connectivity index (χ2n) is 6.75. The van der Waals surface area contributed by atoms with Gasteiger partial charge >= 0.3 is 12.1 Å². The molecule has 0 aromatic heterocycles. The van der Waals surface area contributed by atoms with E-state index in [1.165, 1.54) is 12.1 Å². The number of aliphatic carboxylic acids is 1. The molecule has 0 radical (unpaired) electrons. The van der Waals surface area contributed by atoms with Gasteiger partial charge in [0.1, 0.15) is 5.75 Å². The number of nitrogens with one attached hydrogen (secondary N) is 1. The molecule has 1 aromatic carbocycles. The number of benzene rings is 1. The lowest BCUT2D eigenvalue weighted by Crippen LogP contribution is -2.30. The standard InChI is InChI=1S/C18H22F3NO4/c1-10(2)26-14-6-5-13(15(8-14)18(19,20)21)9-22-16(23)11-3-4-12(7-11)17(24)25/h5-6,8,10-12H,3-4,7,9H2,1-2H3,(H,22,23)(H,24,25)/t11-,12+/m1/s1. The van der Waals surface area contributed by atoms with Crippen LogP contribution in [0.5, 0.6) is 5.75 Å². The number of ether oxygens (including phenoxy) is 1. The van der Waals surface area contributed by atoms with Gasteiger partial charge in [0.25, 0.3) is 0 Å². The molecule has 0 spiro atoms. The Labute approximate surface area is 149 Å². The van der Waals surface area contributed by atoms with Gasteiger partial charge in [-0.2, -0.15) is 13.2 Å². The maximum Gasteiger partial charge on any atom is 0.416 e. The fourth-order valence-electron chi connectivity index (χ4n) is 3.09. The predicted molar refractivity (Wildman–Crippen MR) is 87.5 cm³/mol. The summed E-state index contributed by atoms with van der Waals surface area (Å²) in [6.45, 7) is 3.16. The second kappa shape index (κ2) is 7.97. The molecular weight excluding hydrogens is 351 g/mol. The van der Waals surface area contributed by atoms with Crippen LogP contribution in [-0.2, 0) is 22.3 Å². The summed E-state index contributed by atoms with van der Waals surface area (Å²) in [5.74, 6) is -2.29. The zero-order valence-electron chi connectivity index (χ0n) is 14.6. The van der Waals surface area contributed by atoms with E-state index in [1.54, 1.807) is 13.8 Å². The minimum absolute atomic E-state index is 0.0604. The molecule has 1 saturated carbocycles. The van der Waals surface area contributed by atoms with Crippen LogP contribution in [0.4, 0.5) is 13.2 Å². The van der Waals surface area contributed by atoms with Crippen LogP contribution < -0.4 is 10.1 Å². The first kappa shape index (κ1) is 20.1. The molecule has 5 nitrogen and oxygen atoms in total. The monoisotopic (exact) mass is 373 g/mol. The fourth-order valence-corrected chi connectivity index (χ4v) is 3.09. The molecule has 1 aliphatic carbocycles. The highest BCUT2D eigenvalue weighted by Gasteiger charge is 2.36. The van der Waals surface area contributed by atoms with Gasteiger partial charge in [-0.1, -0.05) is 6.07 Å². The van der Waals surface area contributed by atoms with Crippen LogP contribution in [-0.4, -0.2) is 23.1 Å². The Morgan fingerprint density at radius 3 is 2.46 bits per heavy atom. The molecule has 2 N–H and O–H groups in total. The maximum absolute atomic E-state index is 13.3. The van der Waals surface area contributed by atoms with Crippen LogP contribution in [0.25, 0.3) is 0 Å². The summed E-state index contributed by atoms with van der Waals surface area (Å²) in [4.78, 5) is 23.1. The van der Waals surface area contributed by atoms with Crippen molar-refractivity contribution in [2.75, 3.05) is 0 Å². The van der Waals surface area contributed by atoms with Gasteiger partial charge in [0, 0.05) is 12.5 Å². The van der Waals surface area contributed by atoms with Crippen LogP contribution in [0, 0.1) is 11.8 Å². The molecule has 1 aliphatic rings. The predicted octanol–water partition coefficient (Wildman–Crippen LogP) is 3.61. The Morgan fingerprint density at radius 1 is 1.27 bits per heavy atom. The second-order valence-corrected chi connectivity index (χ2v) is 6.75. The summed E-state index contributed by atoms with van der Waals surface area (Å²) in [7, 11) is 0. The summed E-state index contributed by atoms with van der Waals surface area (Å²) in [5, 5.41) is 11.5. The Kier molecular flexibility index (Phi) is 6.15. The number of carbonyl (C=O) groups is 2. The van der Waals surface area contributed by atoms with Gasteiger partial charge in [0.2, 0.25) is 5.91 Å². The molecule has 0 unspecified atom stereocenters. The van der Waals surface area contributed by atoms with Gasteiger partial charge < -0.3 is 15.2 Å². The van der Waals surface area contributed by atoms with E-state index in [1.807, 2.05) is 0 Å². The highest BCUT2D eigenvalue weighted by molar-refractivity contribution is 5.80. The van der Waals surface area contributed by atoms with Gasteiger partial charge in [0.15, 0.2) is 0 Å². The topological polar surface area (TPSA) is 75.6 Å².